The number of ether oxygens (including phenoxy) is 1. The molecule has 0 aliphatic rings. The Bertz CT molecular complexity index is 655. The molecule has 0 bridgehead atoms. The zero-order chi connectivity index (χ0) is 15.1. The SMILES string of the molecule is COC(=O)C=Cc1ccc(/N=C/c2ccc(O)cc2)cc1. The van der Waals surface area contributed by atoms with Crippen LogP contribution in [0.3, 0.4) is 0 Å². The summed E-state index contributed by atoms with van der Waals surface area (Å²) >= 11 is 0. The lowest BCUT2D eigenvalue weighted by atomic mass is 10.2. The number of carbonyl (C=O) groups excluding carboxylic acids is 1. The minimum Gasteiger partial charge on any atom is -0.508 e. The zero-order valence-corrected chi connectivity index (χ0v) is 11.6. The topological polar surface area (TPSA) is 58.9 Å². The van der Waals surface area contributed by atoms with E-state index in [0.717, 1.165) is 16.8 Å². The van der Waals surface area contributed by atoms with Crippen LogP contribution in [0.5, 0.6) is 5.75 Å². The Morgan fingerprint density at radius 1 is 1.05 bits per heavy atom. The Kier molecular flexibility index (Phi) is 4.88. The third kappa shape index (κ3) is 4.62. The second-order valence-corrected chi connectivity index (χ2v) is 4.30. The molecule has 0 amide bonds. The highest BCUT2D eigenvalue weighted by molar-refractivity contribution is 5.87. The van der Waals surface area contributed by atoms with E-state index >= 15 is 0 Å². The second-order valence-electron chi connectivity index (χ2n) is 4.30. The molecule has 0 aromatic heterocycles. The van der Waals surface area contributed by atoms with Crippen molar-refractivity contribution in [2.45, 2.75) is 0 Å². The van der Waals surface area contributed by atoms with Crippen LogP contribution in [0, 0.1) is 0 Å². The van der Waals surface area contributed by atoms with Crippen LogP contribution < -0.4 is 0 Å². The number of esters is 1. The quantitative estimate of drug-likeness (QED) is 0.531. The number of phenols is 1. The van der Waals surface area contributed by atoms with E-state index in [-0.39, 0.29) is 11.7 Å². The number of hydrogen-bond donors (Lipinski definition) is 1. The molecule has 106 valence electrons. The molecule has 0 radical (unpaired) electrons. The van der Waals surface area contributed by atoms with Gasteiger partial charge in [0.1, 0.15) is 5.75 Å². The van der Waals surface area contributed by atoms with Crippen LogP contribution in [0.15, 0.2) is 59.6 Å². The molecular weight excluding hydrogens is 266 g/mol. The number of rotatable bonds is 4. The molecule has 0 saturated heterocycles. The number of phenolic OH excluding ortho intramolecular Hbond substituents is 1. The Morgan fingerprint density at radius 3 is 2.29 bits per heavy atom. The predicted octanol–water partition coefficient (Wildman–Crippen LogP) is 3.33. The Morgan fingerprint density at radius 2 is 1.67 bits per heavy atom. The largest absolute Gasteiger partial charge is 0.508 e. The lowest BCUT2D eigenvalue weighted by Crippen LogP contribution is -1.93. The fraction of sp³-hybridized carbons (Fsp3) is 0.0588. The number of aliphatic imine (C=N–C) groups is 1. The molecular formula is C17H15NO3. The normalized spacial score (nSPS) is 11.1. The van der Waals surface area contributed by atoms with Crippen molar-refractivity contribution >= 4 is 23.9 Å². The van der Waals surface area contributed by atoms with Gasteiger partial charge in [0, 0.05) is 12.3 Å². The van der Waals surface area contributed by atoms with Gasteiger partial charge < -0.3 is 9.84 Å². The highest BCUT2D eigenvalue weighted by Gasteiger charge is 1.93. The number of aromatic hydroxyl groups is 1. The zero-order valence-electron chi connectivity index (χ0n) is 11.6. The highest BCUT2D eigenvalue weighted by Crippen LogP contribution is 2.15. The van der Waals surface area contributed by atoms with Gasteiger partial charge in [0.2, 0.25) is 0 Å². The lowest BCUT2D eigenvalue weighted by molar-refractivity contribution is -0.134. The number of carbonyl (C=O) groups is 1. The molecule has 2 aromatic rings. The molecule has 2 rings (SSSR count). The van der Waals surface area contributed by atoms with E-state index in [1.54, 1.807) is 36.6 Å². The van der Waals surface area contributed by atoms with Crippen molar-refractivity contribution in [3.8, 4) is 5.75 Å². The minimum absolute atomic E-state index is 0.230. The average Bonchev–Trinajstić information content (AvgIpc) is 2.53. The summed E-state index contributed by atoms with van der Waals surface area (Å²) in [5.74, 6) is -0.154. The maximum atomic E-state index is 11.0. The molecule has 2 aromatic carbocycles. The van der Waals surface area contributed by atoms with E-state index in [0.29, 0.717) is 0 Å². The second kappa shape index (κ2) is 7.05. The minimum atomic E-state index is -0.385. The molecule has 0 aliphatic carbocycles. The molecule has 21 heavy (non-hydrogen) atoms. The van der Waals surface area contributed by atoms with E-state index in [1.165, 1.54) is 13.2 Å². The Hall–Kier alpha value is -2.88. The maximum Gasteiger partial charge on any atom is 0.330 e. The van der Waals surface area contributed by atoms with Crippen LogP contribution in [0.1, 0.15) is 11.1 Å². The summed E-state index contributed by atoms with van der Waals surface area (Å²) in [4.78, 5) is 15.3. The lowest BCUT2D eigenvalue weighted by Gasteiger charge is -1.97. The molecule has 0 aliphatic heterocycles. The smallest absolute Gasteiger partial charge is 0.330 e. The van der Waals surface area contributed by atoms with Crippen molar-refractivity contribution < 1.29 is 14.6 Å². The first-order valence-corrected chi connectivity index (χ1v) is 6.36. The van der Waals surface area contributed by atoms with Gasteiger partial charge in [-0.1, -0.05) is 12.1 Å². The maximum absolute atomic E-state index is 11.0. The van der Waals surface area contributed by atoms with Crippen molar-refractivity contribution in [2.75, 3.05) is 7.11 Å². The standard InChI is InChI=1S/C17H15NO3/c1-21-17(20)11-6-13-2-7-15(8-3-13)18-12-14-4-9-16(19)10-5-14/h2-12,19H,1H3/b11-6?,18-12+. The van der Waals surface area contributed by atoms with Crippen molar-refractivity contribution in [3.05, 3.63) is 65.7 Å². The van der Waals surface area contributed by atoms with Crippen LogP contribution >= 0.6 is 0 Å². The number of methoxy groups -OCH3 is 1. The van der Waals surface area contributed by atoms with E-state index < -0.39 is 0 Å². The van der Waals surface area contributed by atoms with Gasteiger partial charge >= 0.3 is 5.97 Å². The fourth-order valence-electron chi connectivity index (χ4n) is 1.61. The van der Waals surface area contributed by atoms with Crippen LogP contribution in [-0.4, -0.2) is 24.4 Å². The van der Waals surface area contributed by atoms with E-state index in [2.05, 4.69) is 9.73 Å². The van der Waals surface area contributed by atoms with Gasteiger partial charge in [0.05, 0.1) is 12.8 Å². The summed E-state index contributed by atoms with van der Waals surface area (Å²) in [7, 11) is 1.34. The number of benzene rings is 2. The summed E-state index contributed by atoms with van der Waals surface area (Å²) in [5.41, 5.74) is 2.60. The van der Waals surface area contributed by atoms with Crippen LogP contribution in [0.2, 0.25) is 0 Å². The number of nitrogens with zero attached hydrogens (tertiary/aromatic N) is 1. The first-order valence-electron chi connectivity index (χ1n) is 6.36. The monoisotopic (exact) mass is 281 g/mol. The molecule has 0 heterocycles. The first-order chi connectivity index (χ1) is 10.2. The number of hydrogen-bond acceptors (Lipinski definition) is 4. The van der Waals surface area contributed by atoms with Gasteiger partial charge in [-0.2, -0.15) is 0 Å². The molecule has 0 saturated carbocycles. The van der Waals surface area contributed by atoms with Gasteiger partial charge in [0.15, 0.2) is 0 Å². The van der Waals surface area contributed by atoms with Gasteiger partial charge in [-0.05, 0) is 53.6 Å². The summed E-state index contributed by atoms with van der Waals surface area (Å²) in [5, 5.41) is 9.20. The van der Waals surface area contributed by atoms with Crippen LogP contribution in [0.25, 0.3) is 6.08 Å². The van der Waals surface area contributed by atoms with Gasteiger partial charge in [-0.3, -0.25) is 4.99 Å². The summed E-state index contributed by atoms with van der Waals surface area (Å²) in [6.45, 7) is 0. The molecule has 0 atom stereocenters. The third-order valence-corrected chi connectivity index (χ3v) is 2.76. The molecule has 0 unspecified atom stereocenters. The van der Waals surface area contributed by atoms with E-state index in [4.69, 9.17) is 0 Å². The molecule has 0 fully saturated rings. The summed E-state index contributed by atoms with van der Waals surface area (Å²) in [6, 6.07) is 14.2. The summed E-state index contributed by atoms with van der Waals surface area (Å²) < 4.78 is 4.52. The van der Waals surface area contributed by atoms with Crippen molar-refractivity contribution in [1.82, 2.24) is 0 Å². The van der Waals surface area contributed by atoms with Gasteiger partial charge in [0.25, 0.3) is 0 Å². The highest BCUT2D eigenvalue weighted by atomic mass is 16.5. The predicted molar refractivity (Wildman–Crippen MR) is 82.9 cm³/mol. The van der Waals surface area contributed by atoms with Crippen molar-refractivity contribution in [1.29, 1.82) is 0 Å². The third-order valence-electron chi connectivity index (χ3n) is 2.76. The first kappa shape index (κ1) is 14.5. The van der Waals surface area contributed by atoms with E-state index in [1.807, 2.05) is 24.3 Å². The molecule has 0 spiro atoms. The van der Waals surface area contributed by atoms with Gasteiger partial charge in [-0.15, -0.1) is 0 Å². The molecule has 4 heteroatoms. The van der Waals surface area contributed by atoms with Crippen LogP contribution in [0.4, 0.5) is 5.69 Å². The van der Waals surface area contributed by atoms with Gasteiger partial charge in [-0.25, -0.2) is 4.79 Å². The average molecular weight is 281 g/mol. The Labute approximate surface area is 123 Å². The summed E-state index contributed by atoms with van der Waals surface area (Å²) in [6.07, 6.45) is 4.77. The Balaban J connectivity index is 2.03. The fourth-order valence-corrected chi connectivity index (χ4v) is 1.61. The molecule has 1 N–H and O–H groups in total. The van der Waals surface area contributed by atoms with Crippen molar-refractivity contribution in [2.24, 2.45) is 4.99 Å². The van der Waals surface area contributed by atoms with Crippen molar-refractivity contribution in [3.63, 3.8) is 0 Å². The van der Waals surface area contributed by atoms with Crippen LogP contribution in [-0.2, 0) is 9.53 Å². The molecule has 4 nitrogen and oxygen atoms in total. The van der Waals surface area contributed by atoms with E-state index in [9.17, 15) is 9.90 Å².